The second-order valence-electron chi connectivity index (χ2n) is 6.30. The molecule has 1 fully saturated rings. The Morgan fingerprint density at radius 1 is 1.33 bits per heavy atom. The van der Waals surface area contributed by atoms with Crippen molar-refractivity contribution in [2.75, 3.05) is 39.4 Å². The van der Waals surface area contributed by atoms with Gasteiger partial charge in [0.25, 0.3) is 5.91 Å². The molecule has 1 aromatic heterocycles. The van der Waals surface area contributed by atoms with E-state index in [9.17, 15) is 9.59 Å². The summed E-state index contributed by atoms with van der Waals surface area (Å²) < 4.78 is 5.33. The predicted molar refractivity (Wildman–Crippen MR) is 92.6 cm³/mol. The van der Waals surface area contributed by atoms with Crippen LogP contribution in [0.4, 0.5) is 0 Å². The molecule has 0 radical (unpaired) electrons. The molecule has 1 aliphatic heterocycles. The highest BCUT2D eigenvalue weighted by atomic mass is 16.5. The number of aryl methyl sites for hydroxylation is 1. The van der Waals surface area contributed by atoms with Crippen molar-refractivity contribution in [2.24, 2.45) is 0 Å². The monoisotopic (exact) mass is 330 g/mol. The number of hydrogen-bond donors (Lipinski definition) is 3. The van der Waals surface area contributed by atoms with Crippen molar-refractivity contribution in [1.82, 2.24) is 10.3 Å². The van der Waals surface area contributed by atoms with Gasteiger partial charge in [-0.05, 0) is 19.1 Å². The van der Waals surface area contributed by atoms with E-state index in [2.05, 4.69) is 10.3 Å². The molecular weight excluding hydrogens is 306 g/mol. The molecule has 2 heterocycles. The molecular formula is C18H24N3O3+. The van der Waals surface area contributed by atoms with Crippen molar-refractivity contribution in [3.63, 3.8) is 0 Å². The number of carbonyl (C=O) groups excluding carboxylic acids is 1. The SMILES string of the molecule is Cc1ccc2[nH]cc(C(=O)NCCC[NH+]3CCOCC3)c(=O)c2c1. The number of nitrogens with one attached hydrogen (secondary N) is 3. The normalized spacial score (nSPS) is 15.5. The molecule has 6 heteroatoms. The van der Waals surface area contributed by atoms with Gasteiger partial charge < -0.3 is 19.9 Å². The number of aromatic amines is 1. The fourth-order valence-electron chi connectivity index (χ4n) is 3.05. The van der Waals surface area contributed by atoms with Crippen LogP contribution in [0.3, 0.4) is 0 Å². The zero-order chi connectivity index (χ0) is 16.9. The molecule has 0 saturated carbocycles. The molecule has 128 valence electrons. The van der Waals surface area contributed by atoms with Gasteiger partial charge in [0.15, 0.2) is 0 Å². The second-order valence-corrected chi connectivity index (χ2v) is 6.30. The summed E-state index contributed by atoms with van der Waals surface area (Å²) in [6.07, 6.45) is 2.40. The third kappa shape index (κ3) is 3.83. The maximum absolute atomic E-state index is 12.5. The molecule has 0 spiro atoms. The quantitative estimate of drug-likeness (QED) is 0.669. The number of fused-ring (bicyclic) bond motifs is 1. The number of hydrogen-bond acceptors (Lipinski definition) is 3. The number of morpholine rings is 1. The number of H-pyrrole nitrogens is 1. The smallest absolute Gasteiger partial charge is 0.256 e. The molecule has 6 nitrogen and oxygen atoms in total. The van der Waals surface area contributed by atoms with Crippen LogP contribution in [0.15, 0.2) is 29.2 Å². The Morgan fingerprint density at radius 2 is 2.12 bits per heavy atom. The van der Waals surface area contributed by atoms with Crippen LogP contribution < -0.4 is 15.6 Å². The van der Waals surface area contributed by atoms with Crippen LogP contribution in [0.2, 0.25) is 0 Å². The fraction of sp³-hybridized carbons (Fsp3) is 0.444. The number of benzene rings is 1. The second kappa shape index (κ2) is 7.59. The van der Waals surface area contributed by atoms with E-state index in [4.69, 9.17) is 4.74 Å². The average molecular weight is 330 g/mol. The Kier molecular flexibility index (Phi) is 5.27. The molecule has 0 unspecified atom stereocenters. The van der Waals surface area contributed by atoms with E-state index in [-0.39, 0.29) is 16.9 Å². The number of pyridine rings is 1. The van der Waals surface area contributed by atoms with E-state index in [1.807, 2.05) is 25.1 Å². The minimum Gasteiger partial charge on any atom is -0.370 e. The number of amides is 1. The summed E-state index contributed by atoms with van der Waals surface area (Å²) in [5.74, 6) is -0.309. The lowest BCUT2D eigenvalue weighted by molar-refractivity contribution is -0.908. The van der Waals surface area contributed by atoms with Crippen LogP contribution in [0.25, 0.3) is 10.9 Å². The highest BCUT2D eigenvalue weighted by Crippen LogP contribution is 2.10. The zero-order valence-electron chi connectivity index (χ0n) is 14.0. The van der Waals surface area contributed by atoms with Crippen LogP contribution in [-0.4, -0.2) is 50.3 Å². The average Bonchev–Trinajstić information content (AvgIpc) is 2.60. The van der Waals surface area contributed by atoms with E-state index in [1.54, 1.807) is 0 Å². The Labute approximate surface area is 140 Å². The van der Waals surface area contributed by atoms with E-state index >= 15 is 0 Å². The first-order valence-corrected chi connectivity index (χ1v) is 8.47. The molecule has 3 rings (SSSR count). The largest absolute Gasteiger partial charge is 0.370 e. The lowest BCUT2D eigenvalue weighted by Gasteiger charge is -2.23. The number of ether oxygens (including phenoxy) is 1. The number of quaternary nitrogens is 1. The summed E-state index contributed by atoms with van der Waals surface area (Å²) in [5, 5.41) is 3.41. The van der Waals surface area contributed by atoms with Crippen LogP contribution in [0, 0.1) is 6.92 Å². The molecule has 0 aliphatic carbocycles. The summed E-state index contributed by atoms with van der Waals surface area (Å²) in [6.45, 7) is 7.20. The number of aromatic nitrogens is 1. The first-order valence-electron chi connectivity index (χ1n) is 8.47. The van der Waals surface area contributed by atoms with Crippen molar-refractivity contribution in [2.45, 2.75) is 13.3 Å². The summed E-state index contributed by atoms with van der Waals surface area (Å²) in [7, 11) is 0. The van der Waals surface area contributed by atoms with Crippen molar-refractivity contribution in [3.05, 3.63) is 45.7 Å². The molecule has 1 amide bonds. The molecule has 1 aromatic carbocycles. The predicted octanol–water partition coefficient (Wildman–Crippen LogP) is -0.128. The number of carbonyl (C=O) groups is 1. The van der Waals surface area contributed by atoms with Crippen LogP contribution >= 0.6 is 0 Å². The van der Waals surface area contributed by atoms with Crippen LogP contribution in [0.1, 0.15) is 22.3 Å². The highest BCUT2D eigenvalue weighted by Gasteiger charge is 2.15. The fourth-order valence-corrected chi connectivity index (χ4v) is 3.05. The minimum absolute atomic E-state index is 0.173. The third-order valence-electron chi connectivity index (χ3n) is 4.47. The summed E-state index contributed by atoms with van der Waals surface area (Å²) in [5.41, 5.74) is 1.70. The van der Waals surface area contributed by atoms with Gasteiger partial charge in [-0.1, -0.05) is 11.6 Å². The minimum atomic E-state index is -0.309. The molecule has 24 heavy (non-hydrogen) atoms. The summed E-state index contributed by atoms with van der Waals surface area (Å²) in [6, 6.07) is 5.61. The summed E-state index contributed by atoms with van der Waals surface area (Å²) >= 11 is 0. The van der Waals surface area contributed by atoms with E-state index in [0.717, 1.165) is 50.3 Å². The maximum Gasteiger partial charge on any atom is 0.256 e. The van der Waals surface area contributed by atoms with E-state index in [0.29, 0.717) is 11.9 Å². The number of rotatable bonds is 5. The van der Waals surface area contributed by atoms with Crippen molar-refractivity contribution >= 4 is 16.8 Å². The van der Waals surface area contributed by atoms with Crippen molar-refractivity contribution in [1.29, 1.82) is 0 Å². The highest BCUT2D eigenvalue weighted by molar-refractivity contribution is 5.97. The van der Waals surface area contributed by atoms with Gasteiger partial charge in [-0.3, -0.25) is 9.59 Å². The topological polar surface area (TPSA) is 75.6 Å². The van der Waals surface area contributed by atoms with Gasteiger partial charge in [-0.25, -0.2) is 0 Å². The van der Waals surface area contributed by atoms with Gasteiger partial charge in [0, 0.05) is 30.1 Å². The molecule has 2 aromatic rings. The maximum atomic E-state index is 12.5. The van der Waals surface area contributed by atoms with Gasteiger partial charge in [0.1, 0.15) is 18.7 Å². The van der Waals surface area contributed by atoms with Gasteiger partial charge in [-0.2, -0.15) is 0 Å². The van der Waals surface area contributed by atoms with Crippen molar-refractivity contribution in [3.8, 4) is 0 Å². The molecule has 3 N–H and O–H groups in total. The Hall–Kier alpha value is -2.18. The standard InChI is InChI=1S/C18H23N3O3/c1-13-3-4-16-14(11-13)17(22)15(12-20-16)18(23)19-5-2-6-21-7-9-24-10-8-21/h3-4,11-12H,2,5-10H2,1H3,(H,19,23)(H,20,22)/p+1. The van der Waals surface area contributed by atoms with Gasteiger partial charge in [-0.15, -0.1) is 0 Å². The van der Waals surface area contributed by atoms with E-state index in [1.165, 1.54) is 11.1 Å². The first-order chi connectivity index (χ1) is 11.6. The zero-order valence-corrected chi connectivity index (χ0v) is 14.0. The third-order valence-corrected chi connectivity index (χ3v) is 4.47. The molecule has 1 aliphatic rings. The Balaban J connectivity index is 1.59. The first kappa shape index (κ1) is 16.7. The lowest BCUT2D eigenvalue weighted by Crippen LogP contribution is -3.14. The van der Waals surface area contributed by atoms with Gasteiger partial charge in [0.05, 0.1) is 19.8 Å². The Morgan fingerprint density at radius 3 is 2.92 bits per heavy atom. The van der Waals surface area contributed by atoms with Gasteiger partial charge >= 0.3 is 0 Å². The molecule has 0 atom stereocenters. The van der Waals surface area contributed by atoms with Crippen molar-refractivity contribution < 1.29 is 14.4 Å². The molecule has 1 saturated heterocycles. The van der Waals surface area contributed by atoms with Crippen LogP contribution in [0.5, 0.6) is 0 Å². The summed E-state index contributed by atoms with van der Waals surface area (Å²) in [4.78, 5) is 29.3. The van der Waals surface area contributed by atoms with Gasteiger partial charge in [0.2, 0.25) is 5.43 Å². The van der Waals surface area contributed by atoms with Crippen LogP contribution in [-0.2, 0) is 4.74 Å². The Bertz CT molecular complexity index is 779. The van der Waals surface area contributed by atoms with E-state index < -0.39 is 0 Å². The molecule has 0 bridgehead atoms. The lowest BCUT2D eigenvalue weighted by atomic mass is 10.1.